The maximum atomic E-state index is 5.71. The Morgan fingerprint density at radius 3 is 1.17 bits per heavy atom. The summed E-state index contributed by atoms with van der Waals surface area (Å²) in [6.45, 7) is 14.1. The topological polar surface area (TPSA) is 9.23 Å². The normalized spacial score (nSPS) is 15.0. The third kappa shape index (κ3) is 2.22. The largest absolute Gasteiger partial charge is 0.374 e. The highest BCUT2D eigenvalue weighted by molar-refractivity contribution is 9.11. The molecule has 0 aliphatic rings. The quantitative estimate of drug-likeness (QED) is 0.563. The fraction of sp³-hybridized carbons (Fsp3) is 1.00. The van der Waals surface area contributed by atoms with Crippen LogP contribution >= 0.6 is 15.9 Å². The molecule has 0 heterocycles. The average Bonchev–Trinajstić information content (AvgIpc) is 1.81. The highest BCUT2D eigenvalue weighted by atomic mass is 79.9. The van der Waals surface area contributed by atoms with Gasteiger partial charge in [-0.25, -0.2) is 0 Å². The Bertz CT molecular complexity index is 143. The zero-order valence-electron chi connectivity index (χ0n) is 9.29. The zero-order chi connectivity index (χ0) is 10.2. The summed E-state index contributed by atoms with van der Waals surface area (Å²) >= 11 is 3.83. The monoisotopic (exact) mass is 268 g/mol. The summed E-state index contributed by atoms with van der Waals surface area (Å²) in [6.07, 6.45) is 0. The van der Waals surface area contributed by atoms with Crippen molar-refractivity contribution in [1.82, 2.24) is 0 Å². The molecule has 0 spiro atoms. The van der Waals surface area contributed by atoms with Gasteiger partial charge in [-0.05, 0) is 0 Å². The van der Waals surface area contributed by atoms with E-state index in [0.29, 0.717) is 0 Å². The Morgan fingerprint density at radius 2 is 1.17 bits per heavy atom. The standard InChI is InChI=1S/C8H21BrOSi2/c1-10-8(9,11(2,3)4)12(5,6)7/h1-7H3. The molecule has 0 atom stereocenters. The first-order valence-electron chi connectivity index (χ1n) is 4.30. The van der Waals surface area contributed by atoms with Gasteiger partial charge < -0.3 is 4.74 Å². The molecule has 0 aromatic heterocycles. The molecule has 0 aromatic carbocycles. The molecule has 0 saturated carbocycles. The van der Waals surface area contributed by atoms with E-state index in [1.54, 1.807) is 0 Å². The Kier molecular flexibility index (Phi) is 3.81. The second-order valence-corrected chi connectivity index (χ2v) is 18.8. The summed E-state index contributed by atoms with van der Waals surface area (Å²) in [5, 5.41) is 0. The van der Waals surface area contributed by atoms with Gasteiger partial charge >= 0.3 is 0 Å². The molecule has 0 N–H and O–H groups in total. The van der Waals surface area contributed by atoms with E-state index in [0.717, 1.165) is 0 Å². The van der Waals surface area contributed by atoms with Crippen LogP contribution in [0.4, 0.5) is 0 Å². The van der Waals surface area contributed by atoms with Gasteiger partial charge in [0.15, 0.2) is 0 Å². The van der Waals surface area contributed by atoms with Gasteiger partial charge in [-0.15, -0.1) is 0 Å². The minimum Gasteiger partial charge on any atom is -0.374 e. The smallest absolute Gasteiger partial charge is 0.0984 e. The Morgan fingerprint density at radius 1 is 0.917 bits per heavy atom. The number of hydrogen-bond donors (Lipinski definition) is 0. The van der Waals surface area contributed by atoms with Crippen molar-refractivity contribution in [2.45, 2.75) is 43.0 Å². The summed E-state index contributed by atoms with van der Waals surface area (Å²) in [6, 6.07) is 0. The van der Waals surface area contributed by atoms with Gasteiger partial charge in [-0.3, -0.25) is 0 Å². The van der Waals surface area contributed by atoms with Gasteiger partial charge in [0.2, 0.25) is 0 Å². The molecule has 0 aromatic rings. The predicted molar refractivity (Wildman–Crippen MR) is 65.4 cm³/mol. The number of halogens is 1. The summed E-state index contributed by atoms with van der Waals surface area (Å²) in [7, 11) is -0.756. The molecule has 0 radical (unpaired) electrons. The van der Waals surface area contributed by atoms with E-state index in [4.69, 9.17) is 4.74 Å². The molecule has 0 aliphatic carbocycles. The van der Waals surface area contributed by atoms with Crippen molar-refractivity contribution in [3.05, 3.63) is 0 Å². The number of alkyl halides is 1. The number of hydrogen-bond acceptors (Lipinski definition) is 1. The highest BCUT2D eigenvalue weighted by Crippen LogP contribution is 2.39. The van der Waals surface area contributed by atoms with Gasteiger partial charge in [0, 0.05) is 7.11 Å². The van der Waals surface area contributed by atoms with Crippen molar-refractivity contribution in [1.29, 1.82) is 0 Å². The first kappa shape index (κ1) is 12.9. The molecular formula is C8H21BrOSi2. The second-order valence-electron chi connectivity index (χ2n) is 5.30. The van der Waals surface area contributed by atoms with Crippen LogP contribution in [0.1, 0.15) is 0 Å². The third-order valence-corrected chi connectivity index (χ3v) is 18.4. The molecular weight excluding hydrogens is 248 g/mol. The summed E-state index contributed by atoms with van der Waals surface area (Å²) < 4.78 is 5.71. The van der Waals surface area contributed by atoms with Crippen LogP contribution in [0.5, 0.6) is 0 Å². The van der Waals surface area contributed by atoms with E-state index in [-0.39, 0.29) is 3.76 Å². The van der Waals surface area contributed by atoms with E-state index in [1.165, 1.54) is 0 Å². The van der Waals surface area contributed by atoms with Crippen LogP contribution in [0.15, 0.2) is 0 Å². The lowest BCUT2D eigenvalue weighted by atomic mass is 11.5. The van der Waals surface area contributed by atoms with Gasteiger partial charge in [0.1, 0.15) is 0 Å². The van der Waals surface area contributed by atoms with Gasteiger partial charge in [0.25, 0.3) is 0 Å². The molecule has 0 unspecified atom stereocenters. The van der Waals surface area contributed by atoms with E-state index < -0.39 is 16.1 Å². The van der Waals surface area contributed by atoms with Crippen LogP contribution in [0.3, 0.4) is 0 Å². The lowest BCUT2D eigenvalue weighted by Gasteiger charge is -2.46. The van der Waals surface area contributed by atoms with Crippen LogP contribution in [-0.4, -0.2) is 27.0 Å². The molecule has 0 bridgehead atoms. The van der Waals surface area contributed by atoms with Gasteiger partial charge in [-0.2, -0.15) is 0 Å². The lowest BCUT2D eigenvalue weighted by Crippen LogP contribution is -2.63. The van der Waals surface area contributed by atoms with Crippen molar-refractivity contribution in [2.75, 3.05) is 7.11 Å². The highest BCUT2D eigenvalue weighted by Gasteiger charge is 2.51. The fourth-order valence-corrected chi connectivity index (χ4v) is 12.0. The molecule has 0 saturated heterocycles. The van der Waals surface area contributed by atoms with Crippen LogP contribution < -0.4 is 0 Å². The van der Waals surface area contributed by atoms with Crippen LogP contribution in [0.2, 0.25) is 39.3 Å². The SMILES string of the molecule is COC(Br)([Si](C)(C)C)[Si](C)(C)C. The van der Waals surface area contributed by atoms with Crippen LogP contribution in [-0.2, 0) is 4.74 Å². The van der Waals surface area contributed by atoms with Crippen LogP contribution in [0.25, 0.3) is 0 Å². The first-order chi connectivity index (χ1) is 5.06. The molecule has 4 heteroatoms. The number of methoxy groups -OCH3 is 1. The third-order valence-electron chi connectivity index (χ3n) is 2.21. The molecule has 0 aliphatic heterocycles. The van der Waals surface area contributed by atoms with Gasteiger partial charge in [0.05, 0.1) is 19.9 Å². The van der Waals surface area contributed by atoms with E-state index in [9.17, 15) is 0 Å². The maximum Gasteiger partial charge on any atom is 0.0984 e. The average molecular weight is 269 g/mol. The zero-order valence-corrected chi connectivity index (χ0v) is 12.9. The second kappa shape index (κ2) is 3.55. The number of ether oxygens (including phenoxy) is 1. The van der Waals surface area contributed by atoms with Crippen molar-refractivity contribution in [2.24, 2.45) is 0 Å². The molecule has 12 heavy (non-hydrogen) atoms. The van der Waals surface area contributed by atoms with Gasteiger partial charge in [-0.1, -0.05) is 55.2 Å². The Labute approximate surface area is 87.0 Å². The predicted octanol–water partition coefficient (Wildman–Crippen LogP) is 3.48. The van der Waals surface area contributed by atoms with Crippen molar-refractivity contribution in [3.63, 3.8) is 0 Å². The Balaban J connectivity index is 4.95. The minimum atomic E-state index is -1.29. The number of rotatable bonds is 3. The summed E-state index contributed by atoms with van der Waals surface area (Å²) in [5.41, 5.74) is 0. The van der Waals surface area contributed by atoms with Crippen molar-refractivity contribution >= 4 is 32.1 Å². The molecule has 0 fully saturated rings. The fourth-order valence-electron chi connectivity index (χ4n) is 1.74. The molecule has 1 nitrogen and oxygen atoms in total. The van der Waals surface area contributed by atoms with E-state index >= 15 is 0 Å². The minimum absolute atomic E-state index is 0.00694. The lowest BCUT2D eigenvalue weighted by molar-refractivity contribution is 0.188. The van der Waals surface area contributed by atoms with E-state index in [2.05, 4.69) is 55.2 Å². The van der Waals surface area contributed by atoms with Crippen LogP contribution in [0, 0.1) is 0 Å². The summed E-state index contributed by atoms with van der Waals surface area (Å²) in [4.78, 5) is 0. The van der Waals surface area contributed by atoms with E-state index in [1.807, 2.05) is 7.11 Å². The van der Waals surface area contributed by atoms with Crippen molar-refractivity contribution in [3.8, 4) is 0 Å². The summed E-state index contributed by atoms with van der Waals surface area (Å²) in [5.74, 6) is 0. The first-order valence-corrected chi connectivity index (χ1v) is 12.1. The maximum absolute atomic E-state index is 5.71. The molecule has 0 rings (SSSR count). The Hall–Kier alpha value is 0.874. The molecule has 0 amide bonds. The van der Waals surface area contributed by atoms with Crippen molar-refractivity contribution < 1.29 is 4.74 Å². The molecule has 74 valence electrons.